The fraction of sp³-hybridized carbons (Fsp3) is 0.125. The molecule has 122 valence electrons. The number of nitrogens with zero attached hydrogens (tertiary/aromatic N) is 3. The SMILES string of the molecule is O=C(NCCc1cn2cc(F)ccc2n1)c1ccc([N+](=O)[O-])cc1. The monoisotopic (exact) mass is 328 g/mol. The number of carbonyl (C=O) groups excluding carboxylic acids is 1. The summed E-state index contributed by atoms with van der Waals surface area (Å²) in [6.45, 7) is 0.349. The molecule has 24 heavy (non-hydrogen) atoms. The van der Waals surface area contributed by atoms with Crippen LogP contribution in [0.5, 0.6) is 0 Å². The number of hydrogen-bond donors (Lipinski definition) is 1. The number of benzene rings is 1. The van der Waals surface area contributed by atoms with Crippen LogP contribution in [0.3, 0.4) is 0 Å². The molecule has 0 atom stereocenters. The maximum Gasteiger partial charge on any atom is 0.269 e. The number of non-ortho nitro benzene ring substituents is 1. The van der Waals surface area contributed by atoms with Gasteiger partial charge in [0.25, 0.3) is 11.6 Å². The number of imidazole rings is 1. The molecule has 2 aromatic heterocycles. The van der Waals surface area contributed by atoms with E-state index in [9.17, 15) is 19.3 Å². The number of nitro benzene ring substituents is 1. The Morgan fingerprint density at radius 2 is 1.96 bits per heavy atom. The fourth-order valence-electron chi connectivity index (χ4n) is 2.28. The largest absolute Gasteiger partial charge is 0.352 e. The van der Waals surface area contributed by atoms with Gasteiger partial charge in [0.1, 0.15) is 11.5 Å². The lowest BCUT2D eigenvalue weighted by molar-refractivity contribution is -0.384. The fourth-order valence-corrected chi connectivity index (χ4v) is 2.28. The molecule has 0 fully saturated rings. The standard InChI is InChI=1S/C16H13FN4O3/c17-12-3-6-15-19-13(10-20(15)9-12)7-8-18-16(22)11-1-4-14(5-2-11)21(23)24/h1-6,9-10H,7-8H2,(H,18,22). The number of fused-ring (bicyclic) bond motifs is 1. The van der Waals surface area contributed by atoms with Gasteiger partial charge in [-0.3, -0.25) is 14.9 Å². The molecule has 2 heterocycles. The quantitative estimate of drug-likeness (QED) is 0.575. The lowest BCUT2D eigenvalue weighted by Gasteiger charge is -2.03. The van der Waals surface area contributed by atoms with Gasteiger partial charge in [0, 0.05) is 43.1 Å². The average Bonchev–Trinajstić information content (AvgIpc) is 2.96. The second kappa shape index (κ2) is 6.45. The van der Waals surface area contributed by atoms with Crippen molar-refractivity contribution in [2.75, 3.05) is 6.54 Å². The molecule has 0 aliphatic rings. The molecule has 0 bridgehead atoms. The number of halogens is 1. The normalized spacial score (nSPS) is 10.7. The number of amides is 1. The van der Waals surface area contributed by atoms with Gasteiger partial charge < -0.3 is 9.72 Å². The molecule has 1 amide bonds. The molecule has 0 spiro atoms. The van der Waals surface area contributed by atoms with E-state index in [1.54, 1.807) is 16.7 Å². The predicted octanol–water partition coefficient (Wildman–Crippen LogP) is 2.35. The Bertz CT molecular complexity index is 905. The average molecular weight is 328 g/mol. The highest BCUT2D eigenvalue weighted by Gasteiger charge is 2.09. The van der Waals surface area contributed by atoms with Crippen molar-refractivity contribution in [1.29, 1.82) is 0 Å². The van der Waals surface area contributed by atoms with Gasteiger partial charge in [-0.25, -0.2) is 9.37 Å². The minimum Gasteiger partial charge on any atom is -0.352 e. The Hall–Kier alpha value is -3.29. The van der Waals surface area contributed by atoms with Crippen molar-refractivity contribution < 1.29 is 14.1 Å². The van der Waals surface area contributed by atoms with Crippen LogP contribution in [0.2, 0.25) is 0 Å². The zero-order valence-electron chi connectivity index (χ0n) is 12.5. The molecule has 1 aromatic carbocycles. The third-order valence-corrected chi connectivity index (χ3v) is 3.47. The van der Waals surface area contributed by atoms with Gasteiger partial charge >= 0.3 is 0 Å². The summed E-state index contributed by atoms with van der Waals surface area (Å²) in [6, 6.07) is 8.29. The summed E-state index contributed by atoms with van der Waals surface area (Å²) >= 11 is 0. The van der Waals surface area contributed by atoms with Crippen LogP contribution in [-0.4, -0.2) is 26.8 Å². The van der Waals surface area contributed by atoms with Gasteiger partial charge in [0.05, 0.1) is 10.6 Å². The molecule has 8 heteroatoms. The van der Waals surface area contributed by atoms with Gasteiger partial charge in [-0.2, -0.15) is 0 Å². The lowest BCUT2D eigenvalue weighted by Crippen LogP contribution is -2.25. The number of pyridine rings is 1. The third-order valence-electron chi connectivity index (χ3n) is 3.47. The smallest absolute Gasteiger partial charge is 0.269 e. The third kappa shape index (κ3) is 3.37. The second-order valence-electron chi connectivity index (χ2n) is 5.15. The minimum absolute atomic E-state index is 0.0662. The summed E-state index contributed by atoms with van der Waals surface area (Å²) in [5.41, 5.74) is 1.64. The molecular formula is C16H13FN4O3. The van der Waals surface area contributed by atoms with Crippen molar-refractivity contribution in [1.82, 2.24) is 14.7 Å². The Kier molecular flexibility index (Phi) is 4.19. The van der Waals surface area contributed by atoms with Crippen LogP contribution in [0, 0.1) is 15.9 Å². The van der Waals surface area contributed by atoms with E-state index in [2.05, 4.69) is 10.3 Å². The number of rotatable bonds is 5. The predicted molar refractivity (Wildman–Crippen MR) is 84.3 cm³/mol. The zero-order valence-corrected chi connectivity index (χ0v) is 12.5. The van der Waals surface area contributed by atoms with E-state index in [1.807, 2.05) is 0 Å². The minimum atomic E-state index is -0.520. The van der Waals surface area contributed by atoms with Gasteiger partial charge in [0.2, 0.25) is 0 Å². The molecule has 3 aromatic rings. The molecule has 1 N–H and O–H groups in total. The highest BCUT2D eigenvalue weighted by Crippen LogP contribution is 2.12. The van der Waals surface area contributed by atoms with E-state index in [0.29, 0.717) is 24.2 Å². The summed E-state index contributed by atoms with van der Waals surface area (Å²) in [6.07, 6.45) is 3.53. The van der Waals surface area contributed by atoms with Crippen LogP contribution < -0.4 is 5.32 Å². The molecule has 7 nitrogen and oxygen atoms in total. The highest BCUT2D eigenvalue weighted by molar-refractivity contribution is 5.94. The van der Waals surface area contributed by atoms with E-state index < -0.39 is 4.92 Å². The number of carbonyl (C=O) groups is 1. The number of nitro groups is 1. The van der Waals surface area contributed by atoms with Gasteiger partial charge in [-0.05, 0) is 24.3 Å². The molecule has 3 rings (SSSR count). The van der Waals surface area contributed by atoms with Crippen LogP contribution in [0.25, 0.3) is 5.65 Å². The summed E-state index contributed by atoms with van der Waals surface area (Å²) < 4.78 is 14.7. The molecule has 0 aliphatic carbocycles. The van der Waals surface area contributed by atoms with Crippen molar-refractivity contribution in [2.45, 2.75) is 6.42 Å². The summed E-state index contributed by atoms with van der Waals surface area (Å²) in [5, 5.41) is 13.3. The van der Waals surface area contributed by atoms with E-state index in [0.717, 1.165) is 5.69 Å². The number of aromatic nitrogens is 2. The van der Waals surface area contributed by atoms with Crippen LogP contribution in [0.4, 0.5) is 10.1 Å². The molecule has 0 saturated heterocycles. The molecule has 0 aliphatic heterocycles. The topological polar surface area (TPSA) is 89.5 Å². The van der Waals surface area contributed by atoms with E-state index in [-0.39, 0.29) is 17.4 Å². The van der Waals surface area contributed by atoms with Gasteiger partial charge in [-0.15, -0.1) is 0 Å². The van der Waals surface area contributed by atoms with Crippen LogP contribution in [0.1, 0.15) is 16.1 Å². The number of nitrogens with one attached hydrogen (secondary N) is 1. The van der Waals surface area contributed by atoms with Crippen LogP contribution in [-0.2, 0) is 6.42 Å². The molecule has 0 unspecified atom stereocenters. The second-order valence-corrected chi connectivity index (χ2v) is 5.15. The first kappa shape index (κ1) is 15.6. The lowest BCUT2D eigenvalue weighted by atomic mass is 10.2. The maximum absolute atomic E-state index is 13.1. The molecular weight excluding hydrogens is 315 g/mol. The van der Waals surface area contributed by atoms with Crippen LogP contribution >= 0.6 is 0 Å². The molecule has 0 saturated carbocycles. The van der Waals surface area contributed by atoms with Crippen LogP contribution in [0.15, 0.2) is 48.8 Å². The first-order valence-corrected chi connectivity index (χ1v) is 7.19. The first-order valence-electron chi connectivity index (χ1n) is 7.19. The Balaban J connectivity index is 1.58. The van der Waals surface area contributed by atoms with Crippen molar-refractivity contribution in [3.05, 3.63) is 76.0 Å². The van der Waals surface area contributed by atoms with E-state index >= 15 is 0 Å². The maximum atomic E-state index is 13.1. The Labute approximate surface area is 135 Å². The zero-order chi connectivity index (χ0) is 17.1. The molecule has 0 radical (unpaired) electrons. The van der Waals surface area contributed by atoms with Crippen molar-refractivity contribution in [2.24, 2.45) is 0 Å². The van der Waals surface area contributed by atoms with Gasteiger partial charge in [-0.1, -0.05) is 0 Å². The van der Waals surface area contributed by atoms with Crippen molar-refractivity contribution in [3.63, 3.8) is 0 Å². The highest BCUT2D eigenvalue weighted by atomic mass is 19.1. The van der Waals surface area contributed by atoms with Gasteiger partial charge in [0.15, 0.2) is 0 Å². The summed E-state index contributed by atoms with van der Waals surface area (Å²) in [4.78, 5) is 26.4. The van der Waals surface area contributed by atoms with E-state index in [1.165, 1.54) is 36.5 Å². The summed E-state index contributed by atoms with van der Waals surface area (Å²) in [7, 11) is 0. The van der Waals surface area contributed by atoms with Crippen molar-refractivity contribution >= 4 is 17.2 Å². The van der Waals surface area contributed by atoms with Crippen molar-refractivity contribution in [3.8, 4) is 0 Å². The first-order chi connectivity index (χ1) is 11.5. The Morgan fingerprint density at radius 1 is 1.21 bits per heavy atom. The summed E-state index contributed by atoms with van der Waals surface area (Å²) in [5.74, 6) is -0.669. The van der Waals surface area contributed by atoms with E-state index in [4.69, 9.17) is 0 Å². The Morgan fingerprint density at radius 3 is 2.67 bits per heavy atom. The number of hydrogen-bond acceptors (Lipinski definition) is 4.